The molecule has 0 fully saturated rings. The molecule has 0 radical (unpaired) electrons. The standard InChI is InChI=1S/C15H16BrClN2O/c1-2-6-18-9-11-5-7-19-10-15(11)20-14-4-3-12(17)8-13(14)16/h3-5,7-8,10,18H,2,6,9H2,1H3. The van der Waals surface area contributed by atoms with Crippen molar-refractivity contribution in [2.75, 3.05) is 6.54 Å². The monoisotopic (exact) mass is 354 g/mol. The Labute approximate surface area is 132 Å². The lowest BCUT2D eigenvalue weighted by Crippen LogP contribution is -2.14. The number of pyridine rings is 1. The van der Waals surface area contributed by atoms with Gasteiger partial charge in [-0.2, -0.15) is 0 Å². The third-order valence-electron chi connectivity index (χ3n) is 2.73. The molecule has 5 heteroatoms. The normalized spacial score (nSPS) is 10.6. The lowest BCUT2D eigenvalue weighted by Gasteiger charge is -2.12. The van der Waals surface area contributed by atoms with Crippen LogP contribution in [0.1, 0.15) is 18.9 Å². The number of benzene rings is 1. The summed E-state index contributed by atoms with van der Waals surface area (Å²) in [4.78, 5) is 4.12. The summed E-state index contributed by atoms with van der Waals surface area (Å²) in [6.45, 7) is 3.88. The van der Waals surface area contributed by atoms with E-state index in [0.29, 0.717) is 5.02 Å². The van der Waals surface area contributed by atoms with Crippen LogP contribution in [0.15, 0.2) is 41.1 Å². The molecule has 2 rings (SSSR count). The summed E-state index contributed by atoms with van der Waals surface area (Å²) < 4.78 is 6.74. The maximum atomic E-state index is 5.93. The van der Waals surface area contributed by atoms with Crippen molar-refractivity contribution in [1.82, 2.24) is 10.3 Å². The molecule has 0 atom stereocenters. The van der Waals surface area contributed by atoms with Gasteiger partial charge >= 0.3 is 0 Å². The quantitative estimate of drug-likeness (QED) is 0.757. The van der Waals surface area contributed by atoms with Gasteiger partial charge in [0.2, 0.25) is 0 Å². The largest absolute Gasteiger partial charge is 0.454 e. The number of ether oxygens (including phenoxy) is 1. The Bertz CT molecular complexity index is 578. The van der Waals surface area contributed by atoms with Crippen LogP contribution in [0.5, 0.6) is 11.5 Å². The van der Waals surface area contributed by atoms with Gasteiger partial charge in [-0.25, -0.2) is 0 Å². The highest BCUT2D eigenvalue weighted by Gasteiger charge is 2.08. The van der Waals surface area contributed by atoms with Gasteiger partial charge in [-0.1, -0.05) is 18.5 Å². The van der Waals surface area contributed by atoms with Crippen molar-refractivity contribution in [3.8, 4) is 11.5 Å². The zero-order valence-electron chi connectivity index (χ0n) is 11.2. The van der Waals surface area contributed by atoms with Crippen LogP contribution in [-0.4, -0.2) is 11.5 Å². The first-order chi connectivity index (χ1) is 9.70. The van der Waals surface area contributed by atoms with Crippen molar-refractivity contribution in [1.29, 1.82) is 0 Å². The number of nitrogens with zero attached hydrogens (tertiary/aromatic N) is 1. The number of nitrogens with one attached hydrogen (secondary N) is 1. The molecule has 1 aromatic carbocycles. The molecule has 0 amide bonds. The fraction of sp³-hybridized carbons (Fsp3) is 0.267. The maximum absolute atomic E-state index is 5.93. The Kier molecular flexibility index (Phi) is 5.83. The molecule has 0 saturated heterocycles. The molecule has 106 valence electrons. The Hall–Kier alpha value is -1.10. The fourth-order valence-corrected chi connectivity index (χ4v) is 2.49. The van der Waals surface area contributed by atoms with E-state index < -0.39 is 0 Å². The van der Waals surface area contributed by atoms with Crippen LogP contribution in [0.4, 0.5) is 0 Å². The summed E-state index contributed by atoms with van der Waals surface area (Å²) in [6, 6.07) is 7.40. The zero-order chi connectivity index (χ0) is 14.4. The predicted molar refractivity (Wildman–Crippen MR) is 85.5 cm³/mol. The second-order valence-corrected chi connectivity index (χ2v) is 5.63. The van der Waals surface area contributed by atoms with Crippen LogP contribution in [0, 0.1) is 0 Å². The van der Waals surface area contributed by atoms with E-state index in [9.17, 15) is 0 Å². The minimum atomic E-state index is 0.667. The summed E-state index contributed by atoms with van der Waals surface area (Å²) in [7, 11) is 0. The summed E-state index contributed by atoms with van der Waals surface area (Å²) >= 11 is 9.38. The highest BCUT2D eigenvalue weighted by molar-refractivity contribution is 9.10. The van der Waals surface area contributed by atoms with Gasteiger partial charge in [-0.15, -0.1) is 0 Å². The Morgan fingerprint density at radius 1 is 1.30 bits per heavy atom. The van der Waals surface area contributed by atoms with Gasteiger partial charge in [0.15, 0.2) is 0 Å². The average molecular weight is 356 g/mol. The first-order valence-electron chi connectivity index (χ1n) is 6.47. The van der Waals surface area contributed by atoms with Crippen molar-refractivity contribution in [3.05, 3.63) is 51.7 Å². The van der Waals surface area contributed by atoms with E-state index in [4.69, 9.17) is 16.3 Å². The van der Waals surface area contributed by atoms with Crippen LogP contribution in [0.25, 0.3) is 0 Å². The molecule has 2 aromatic rings. The fourth-order valence-electron chi connectivity index (χ4n) is 1.72. The van der Waals surface area contributed by atoms with Gasteiger partial charge in [0, 0.05) is 23.3 Å². The first-order valence-corrected chi connectivity index (χ1v) is 7.64. The molecule has 0 spiro atoms. The highest BCUT2D eigenvalue weighted by atomic mass is 79.9. The molecule has 0 saturated carbocycles. The van der Waals surface area contributed by atoms with Crippen molar-refractivity contribution < 1.29 is 4.74 Å². The molecule has 1 aromatic heterocycles. The van der Waals surface area contributed by atoms with Gasteiger partial charge in [-0.05, 0) is 53.2 Å². The highest BCUT2D eigenvalue weighted by Crippen LogP contribution is 2.32. The van der Waals surface area contributed by atoms with Crippen LogP contribution in [-0.2, 0) is 6.54 Å². The summed E-state index contributed by atoms with van der Waals surface area (Å²) in [5.74, 6) is 1.47. The van der Waals surface area contributed by atoms with E-state index in [2.05, 4.69) is 33.2 Å². The Morgan fingerprint density at radius 2 is 2.15 bits per heavy atom. The predicted octanol–water partition coefficient (Wildman–Crippen LogP) is 4.79. The first kappa shape index (κ1) is 15.3. The number of hydrogen-bond acceptors (Lipinski definition) is 3. The smallest absolute Gasteiger partial charge is 0.150 e. The maximum Gasteiger partial charge on any atom is 0.150 e. The number of hydrogen-bond donors (Lipinski definition) is 1. The molecule has 3 nitrogen and oxygen atoms in total. The average Bonchev–Trinajstić information content (AvgIpc) is 2.44. The van der Waals surface area contributed by atoms with Crippen molar-refractivity contribution in [2.24, 2.45) is 0 Å². The summed E-state index contributed by atoms with van der Waals surface area (Å²) in [5, 5.41) is 4.03. The molecule has 1 N–H and O–H groups in total. The van der Waals surface area contributed by atoms with Gasteiger partial charge < -0.3 is 10.1 Å². The van der Waals surface area contributed by atoms with E-state index >= 15 is 0 Å². The van der Waals surface area contributed by atoms with E-state index in [1.165, 1.54) is 0 Å². The molecule has 0 bridgehead atoms. The molecule has 20 heavy (non-hydrogen) atoms. The molecule has 0 aliphatic heterocycles. The van der Waals surface area contributed by atoms with Gasteiger partial charge in [-0.3, -0.25) is 4.98 Å². The number of halogens is 2. The molecule has 0 aliphatic rings. The SMILES string of the molecule is CCCNCc1ccncc1Oc1ccc(Cl)cc1Br. The molecular formula is C15H16BrClN2O. The van der Waals surface area contributed by atoms with Gasteiger partial charge in [0.05, 0.1) is 10.7 Å². The van der Waals surface area contributed by atoms with E-state index in [-0.39, 0.29) is 0 Å². The molecule has 1 heterocycles. The Balaban J connectivity index is 2.16. The number of rotatable bonds is 6. The van der Waals surface area contributed by atoms with E-state index in [0.717, 1.165) is 41.0 Å². The minimum absolute atomic E-state index is 0.667. The van der Waals surface area contributed by atoms with Gasteiger partial charge in [0.25, 0.3) is 0 Å². The number of aromatic nitrogens is 1. The third-order valence-corrected chi connectivity index (χ3v) is 3.58. The second kappa shape index (κ2) is 7.62. The molecule has 0 aliphatic carbocycles. The van der Waals surface area contributed by atoms with E-state index in [1.807, 2.05) is 18.2 Å². The third kappa shape index (κ3) is 4.20. The molecular weight excluding hydrogens is 340 g/mol. The second-order valence-electron chi connectivity index (χ2n) is 4.34. The Morgan fingerprint density at radius 3 is 2.90 bits per heavy atom. The van der Waals surface area contributed by atoms with Gasteiger partial charge in [0.1, 0.15) is 11.5 Å². The van der Waals surface area contributed by atoms with Crippen molar-refractivity contribution >= 4 is 27.5 Å². The molecule has 0 unspecified atom stereocenters. The van der Waals surface area contributed by atoms with Crippen molar-refractivity contribution in [2.45, 2.75) is 19.9 Å². The lowest BCUT2D eigenvalue weighted by atomic mass is 10.2. The lowest BCUT2D eigenvalue weighted by molar-refractivity contribution is 0.467. The van der Waals surface area contributed by atoms with Crippen LogP contribution in [0.2, 0.25) is 5.02 Å². The van der Waals surface area contributed by atoms with Crippen LogP contribution >= 0.6 is 27.5 Å². The zero-order valence-corrected chi connectivity index (χ0v) is 13.5. The minimum Gasteiger partial charge on any atom is -0.454 e. The van der Waals surface area contributed by atoms with Crippen LogP contribution < -0.4 is 10.1 Å². The topological polar surface area (TPSA) is 34.2 Å². The van der Waals surface area contributed by atoms with Crippen molar-refractivity contribution in [3.63, 3.8) is 0 Å². The summed E-state index contributed by atoms with van der Waals surface area (Å²) in [6.07, 6.45) is 4.60. The summed E-state index contributed by atoms with van der Waals surface area (Å²) in [5.41, 5.74) is 1.08. The van der Waals surface area contributed by atoms with E-state index in [1.54, 1.807) is 18.5 Å². The van der Waals surface area contributed by atoms with Crippen LogP contribution in [0.3, 0.4) is 0 Å².